The van der Waals surface area contributed by atoms with Gasteiger partial charge in [-0.3, -0.25) is 0 Å². The molecule has 6 nitrogen and oxygen atoms in total. The quantitative estimate of drug-likeness (QED) is 0.690. The number of hydrogen-bond acceptors (Lipinski definition) is 5. The maximum Gasteiger partial charge on any atom is 0.224 e. The van der Waals surface area contributed by atoms with E-state index in [0.29, 0.717) is 12.0 Å². The van der Waals surface area contributed by atoms with Crippen LogP contribution in [0.5, 0.6) is 5.75 Å². The van der Waals surface area contributed by atoms with Gasteiger partial charge in [0.15, 0.2) is 0 Å². The van der Waals surface area contributed by atoms with Crippen molar-refractivity contribution in [1.29, 1.82) is 0 Å². The summed E-state index contributed by atoms with van der Waals surface area (Å²) in [5, 5.41) is 23.5. The molecule has 4 rings (SSSR count). The van der Waals surface area contributed by atoms with E-state index in [1.807, 2.05) is 29.0 Å². The third-order valence-electron chi connectivity index (χ3n) is 4.59. The Labute approximate surface area is 139 Å². The predicted octanol–water partition coefficient (Wildman–Crippen LogP) is 2.84. The molecule has 1 aliphatic rings. The van der Waals surface area contributed by atoms with Gasteiger partial charge in [-0.1, -0.05) is 0 Å². The molecule has 2 heterocycles. The first-order valence-corrected chi connectivity index (χ1v) is 8.27. The number of fused-ring (bicyclic) bond motifs is 1. The van der Waals surface area contributed by atoms with Crippen LogP contribution >= 0.6 is 0 Å². The van der Waals surface area contributed by atoms with Crippen molar-refractivity contribution in [1.82, 2.24) is 14.5 Å². The minimum Gasteiger partial charge on any atom is -0.508 e. The first kappa shape index (κ1) is 15.0. The van der Waals surface area contributed by atoms with E-state index >= 15 is 0 Å². The number of phenols is 1. The van der Waals surface area contributed by atoms with E-state index in [1.54, 1.807) is 18.3 Å². The molecule has 24 heavy (non-hydrogen) atoms. The van der Waals surface area contributed by atoms with Gasteiger partial charge in [-0.2, -0.15) is 4.98 Å². The highest BCUT2D eigenvalue weighted by atomic mass is 16.3. The minimum atomic E-state index is -0.169. The number of aliphatic hydroxyl groups excluding tert-OH is 1. The summed E-state index contributed by atoms with van der Waals surface area (Å²) in [4.78, 5) is 8.94. The number of aromatic hydroxyl groups is 1. The number of aromatic nitrogens is 3. The molecule has 0 atom stereocenters. The lowest BCUT2D eigenvalue weighted by Crippen LogP contribution is -2.29. The molecule has 1 fully saturated rings. The van der Waals surface area contributed by atoms with Gasteiger partial charge < -0.3 is 20.1 Å². The molecule has 3 aromatic rings. The molecule has 0 aliphatic heterocycles. The summed E-state index contributed by atoms with van der Waals surface area (Å²) in [5.74, 6) is 1.64. The number of hydrogen-bond donors (Lipinski definition) is 3. The van der Waals surface area contributed by atoms with Crippen LogP contribution in [0.25, 0.3) is 16.7 Å². The van der Waals surface area contributed by atoms with Crippen molar-refractivity contribution >= 4 is 16.9 Å². The molecular formula is C18H20N4O2. The second-order valence-corrected chi connectivity index (χ2v) is 6.32. The third-order valence-corrected chi connectivity index (χ3v) is 4.59. The van der Waals surface area contributed by atoms with Gasteiger partial charge in [0.25, 0.3) is 0 Å². The first-order valence-electron chi connectivity index (χ1n) is 8.27. The fourth-order valence-electron chi connectivity index (χ4n) is 3.29. The molecule has 0 amide bonds. The summed E-state index contributed by atoms with van der Waals surface area (Å²) in [6.07, 6.45) is 7.02. The van der Waals surface area contributed by atoms with Crippen LogP contribution in [0.4, 0.5) is 5.95 Å². The van der Waals surface area contributed by atoms with Crippen molar-refractivity contribution in [3.63, 3.8) is 0 Å². The second kappa shape index (κ2) is 6.13. The lowest BCUT2D eigenvalue weighted by Gasteiger charge is -2.26. The summed E-state index contributed by atoms with van der Waals surface area (Å²) in [7, 11) is 0. The van der Waals surface area contributed by atoms with Crippen molar-refractivity contribution in [2.75, 3.05) is 5.32 Å². The van der Waals surface area contributed by atoms with E-state index in [1.165, 1.54) is 0 Å². The Hall–Kier alpha value is -2.60. The SMILES string of the molecule is Oc1ccc2c(ccn2-c2ccnc(NC3CCC(O)CC3)n2)c1. The molecule has 1 aliphatic carbocycles. The van der Waals surface area contributed by atoms with Gasteiger partial charge in [0.2, 0.25) is 5.95 Å². The fraction of sp³-hybridized carbons (Fsp3) is 0.333. The largest absolute Gasteiger partial charge is 0.508 e. The van der Waals surface area contributed by atoms with E-state index in [2.05, 4.69) is 15.3 Å². The topological polar surface area (TPSA) is 83.2 Å². The van der Waals surface area contributed by atoms with Crippen LogP contribution in [0.2, 0.25) is 0 Å². The molecule has 0 spiro atoms. The lowest BCUT2D eigenvalue weighted by atomic mass is 9.93. The van der Waals surface area contributed by atoms with Gasteiger partial charge in [-0.05, 0) is 56.0 Å². The molecule has 3 N–H and O–H groups in total. The van der Waals surface area contributed by atoms with E-state index in [9.17, 15) is 10.2 Å². The lowest BCUT2D eigenvalue weighted by molar-refractivity contribution is 0.126. The van der Waals surface area contributed by atoms with Gasteiger partial charge in [-0.25, -0.2) is 4.98 Å². The Balaban J connectivity index is 1.60. The van der Waals surface area contributed by atoms with Crippen molar-refractivity contribution in [3.8, 4) is 11.6 Å². The second-order valence-electron chi connectivity index (χ2n) is 6.32. The maximum atomic E-state index is 9.60. The molecule has 0 saturated heterocycles. The van der Waals surface area contributed by atoms with Crippen LogP contribution in [-0.4, -0.2) is 36.9 Å². The summed E-state index contributed by atoms with van der Waals surface area (Å²) < 4.78 is 1.98. The van der Waals surface area contributed by atoms with Gasteiger partial charge in [-0.15, -0.1) is 0 Å². The van der Waals surface area contributed by atoms with Crippen LogP contribution in [0, 0.1) is 0 Å². The Morgan fingerprint density at radius 3 is 2.75 bits per heavy atom. The standard InChI is InChI=1S/C18H20N4O2/c23-14-3-1-13(2-4-14)20-18-19-9-7-17(21-18)22-10-8-12-11-15(24)5-6-16(12)22/h5-11,13-14,23-24H,1-4H2,(H,19,20,21). The average Bonchev–Trinajstić information content (AvgIpc) is 3.00. The molecule has 0 bridgehead atoms. The highest BCUT2D eigenvalue weighted by Crippen LogP contribution is 2.24. The summed E-state index contributed by atoms with van der Waals surface area (Å²) in [5.41, 5.74) is 0.984. The molecule has 0 radical (unpaired) electrons. The molecule has 1 aromatic carbocycles. The molecule has 6 heteroatoms. The van der Waals surface area contributed by atoms with E-state index in [4.69, 9.17) is 0 Å². The van der Waals surface area contributed by atoms with Crippen molar-refractivity contribution < 1.29 is 10.2 Å². The number of rotatable bonds is 3. The molecular weight excluding hydrogens is 304 g/mol. The van der Waals surface area contributed by atoms with Gasteiger partial charge in [0, 0.05) is 23.8 Å². The Morgan fingerprint density at radius 2 is 1.92 bits per heavy atom. The normalized spacial score (nSPS) is 21.0. The number of aliphatic hydroxyl groups is 1. The van der Waals surface area contributed by atoms with Gasteiger partial charge in [0.05, 0.1) is 11.6 Å². The maximum absolute atomic E-state index is 9.60. The Bertz CT molecular complexity index is 853. The fourth-order valence-corrected chi connectivity index (χ4v) is 3.29. The predicted molar refractivity (Wildman–Crippen MR) is 92.4 cm³/mol. The minimum absolute atomic E-state index is 0.169. The van der Waals surface area contributed by atoms with Crippen molar-refractivity contribution in [2.45, 2.75) is 37.8 Å². The molecule has 1 saturated carbocycles. The highest BCUT2D eigenvalue weighted by molar-refractivity contribution is 5.83. The summed E-state index contributed by atoms with van der Waals surface area (Å²) >= 11 is 0. The zero-order valence-corrected chi connectivity index (χ0v) is 13.3. The summed E-state index contributed by atoms with van der Waals surface area (Å²) in [6, 6.07) is 9.41. The van der Waals surface area contributed by atoms with Crippen LogP contribution < -0.4 is 5.32 Å². The highest BCUT2D eigenvalue weighted by Gasteiger charge is 2.20. The number of anilines is 1. The third kappa shape index (κ3) is 2.92. The van der Waals surface area contributed by atoms with Crippen LogP contribution in [0.15, 0.2) is 42.7 Å². The van der Waals surface area contributed by atoms with Crippen LogP contribution in [0.3, 0.4) is 0 Å². The van der Waals surface area contributed by atoms with Crippen molar-refractivity contribution in [2.24, 2.45) is 0 Å². The van der Waals surface area contributed by atoms with Crippen LogP contribution in [0.1, 0.15) is 25.7 Å². The molecule has 2 aromatic heterocycles. The number of nitrogens with zero attached hydrogens (tertiary/aromatic N) is 3. The number of nitrogens with one attached hydrogen (secondary N) is 1. The number of benzene rings is 1. The van der Waals surface area contributed by atoms with E-state index in [-0.39, 0.29) is 11.9 Å². The molecule has 124 valence electrons. The Morgan fingerprint density at radius 1 is 1.08 bits per heavy atom. The van der Waals surface area contributed by atoms with Crippen molar-refractivity contribution in [3.05, 3.63) is 42.7 Å². The smallest absolute Gasteiger partial charge is 0.224 e. The van der Waals surface area contributed by atoms with E-state index in [0.717, 1.165) is 42.4 Å². The Kier molecular flexibility index (Phi) is 3.82. The van der Waals surface area contributed by atoms with Crippen LogP contribution in [-0.2, 0) is 0 Å². The van der Waals surface area contributed by atoms with Gasteiger partial charge >= 0.3 is 0 Å². The summed E-state index contributed by atoms with van der Waals surface area (Å²) in [6.45, 7) is 0. The monoisotopic (exact) mass is 324 g/mol. The van der Waals surface area contributed by atoms with Gasteiger partial charge in [0.1, 0.15) is 11.6 Å². The first-order chi connectivity index (χ1) is 11.7. The van der Waals surface area contributed by atoms with E-state index < -0.39 is 0 Å². The average molecular weight is 324 g/mol. The zero-order valence-electron chi connectivity index (χ0n) is 13.3. The number of phenolic OH excluding ortho intramolecular Hbond substituents is 1. The zero-order chi connectivity index (χ0) is 16.5. The molecule has 0 unspecified atom stereocenters.